The van der Waals surface area contributed by atoms with Crippen molar-refractivity contribution >= 4 is 17.8 Å². The van der Waals surface area contributed by atoms with Crippen molar-refractivity contribution in [1.29, 1.82) is 0 Å². The van der Waals surface area contributed by atoms with Crippen LogP contribution in [0.3, 0.4) is 0 Å². The molecule has 1 saturated carbocycles. The molecule has 2 aliphatic rings. The summed E-state index contributed by atoms with van der Waals surface area (Å²) in [6.45, 7) is 0.472. The van der Waals surface area contributed by atoms with E-state index in [1.54, 1.807) is 0 Å². The molecule has 6 nitrogen and oxygen atoms in total. The zero-order valence-electron chi connectivity index (χ0n) is 11.2. The molecule has 0 atom stereocenters. The number of rotatable bonds is 3. The summed E-state index contributed by atoms with van der Waals surface area (Å²) in [5.74, 6) is -0.765. The van der Waals surface area contributed by atoms with Crippen molar-refractivity contribution in [3.05, 3.63) is 0 Å². The number of hydrogen-bond acceptors (Lipinski definition) is 4. The maximum Gasteiger partial charge on any atom is 0.330 e. The molecule has 1 spiro atoms. The van der Waals surface area contributed by atoms with Crippen molar-refractivity contribution in [2.24, 2.45) is 5.41 Å². The Kier molecular flexibility index (Phi) is 4.19. The molecule has 106 valence electrons. The van der Waals surface area contributed by atoms with Gasteiger partial charge in [-0.15, -0.1) is 0 Å². The van der Waals surface area contributed by atoms with Gasteiger partial charge >= 0.3 is 6.03 Å². The number of carbonyl (C=O) groups excluding carboxylic acids is 3. The van der Waals surface area contributed by atoms with Crippen LogP contribution < -0.4 is 5.32 Å². The highest BCUT2D eigenvalue weighted by molar-refractivity contribution is 6.19. The van der Waals surface area contributed by atoms with Crippen LogP contribution in [0.15, 0.2) is 0 Å². The number of amides is 4. The Balaban J connectivity index is 2.23. The molecule has 0 aromatic rings. The molecule has 0 aromatic heterocycles. The van der Waals surface area contributed by atoms with Crippen LogP contribution in [0.1, 0.15) is 38.5 Å². The molecule has 4 amide bonds. The van der Waals surface area contributed by atoms with Crippen LogP contribution in [-0.4, -0.2) is 43.0 Å². The van der Waals surface area contributed by atoms with Crippen LogP contribution in [0.2, 0.25) is 0 Å². The van der Waals surface area contributed by atoms with Gasteiger partial charge in [0.05, 0.1) is 13.2 Å². The molecule has 0 aromatic carbocycles. The van der Waals surface area contributed by atoms with Crippen molar-refractivity contribution in [2.75, 3.05) is 20.3 Å². The van der Waals surface area contributed by atoms with Gasteiger partial charge in [0.2, 0.25) is 11.8 Å². The summed E-state index contributed by atoms with van der Waals surface area (Å²) >= 11 is 0. The summed E-state index contributed by atoms with van der Waals surface area (Å²) in [5, 5.41) is 2.33. The first-order chi connectivity index (χ1) is 9.12. The smallest absolute Gasteiger partial charge is 0.330 e. The number of hydrogen-bond donors (Lipinski definition) is 1. The lowest BCUT2D eigenvalue weighted by atomic mass is 9.77. The van der Waals surface area contributed by atoms with E-state index < -0.39 is 17.4 Å². The standard InChI is InChI=1S/C13H20N2O4/c1-19-9-8-15-11(17)13(10(16)14-12(15)18)6-4-2-3-5-7-13/h2-9H2,1H3,(H,14,16,18). The van der Waals surface area contributed by atoms with E-state index in [1.807, 2.05) is 0 Å². The molecule has 1 N–H and O–H groups in total. The van der Waals surface area contributed by atoms with Gasteiger partial charge in [0.1, 0.15) is 5.41 Å². The molecule has 0 radical (unpaired) electrons. The van der Waals surface area contributed by atoms with Crippen LogP contribution in [0.4, 0.5) is 4.79 Å². The van der Waals surface area contributed by atoms with Gasteiger partial charge in [0.25, 0.3) is 0 Å². The fourth-order valence-electron chi connectivity index (χ4n) is 2.89. The number of nitrogens with one attached hydrogen (secondary N) is 1. The Morgan fingerprint density at radius 1 is 1.16 bits per heavy atom. The fourth-order valence-corrected chi connectivity index (χ4v) is 2.89. The predicted octanol–water partition coefficient (Wildman–Crippen LogP) is 1.05. The summed E-state index contributed by atoms with van der Waals surface area (Å²) in [5.41, 5.74) is -1.03. The second kappa shape index (κ2) is 5.69. The molecule has 0 unspecified atom stereocenters. The SMILES string of the molecule is COCCN1C(=O)NC(=O)C2(CCCCCC2)C1=O. The number of ether oxygens (including phenoxy) is 1. The average molecular weight is 268 g/mol. The monoisotopic (exact) mass is 268 g/mol. The van der Waals surface area contributed by atoms with Gasteiger partial charge < -0.3 is 4.74 Å². The summed E-state index contributed by atoms with van der Waals surface area (Å²) < 4.78 is 4.91. The van der Waals surface area contributed by atoms with E-state index in [9.17, 15) is 14.4 Å². The number of carbonyl (C=O) groups is 3. The molecule has 1 saturated heterocycles. The lowest BCUT2D eigenvalue weighted by molar-refractivity contribution is -0.153. The Hall–Kier alpha value is -1.43. The van der Waals surface area contributed by atoms with Crippen molar-refractivity contribution < 1.29 is 19.1 Å². The predicted molar refractivity (Wildman–Crippen MR) is 67.3 cm³/mol. The number of urea groups is 1. The van der Waals surface area contributed by atoms with E-state index >= 15 is 0 Å². The minimum Gasteiger partial charge on any atom is -0.383 e. The lowest BCUT2D eigenvalue weighted by Gasteiger charge is -2.38. The van der Waals surface area contributed by atoms with Gasteiger partial charge in [-0.05, 0) is 12.8 Å². The third kappa shape index (κ3) is 2.49. The second-order valence-electron chi connectivity index (χ2n) is 5.21. The molecule has 0 bridgehead atoms. The zero-order valence-corrected chi connectivity index (χ0v) is 11.2. The van der Waals surface area contributed by atoms with Gasteiger partial charge in [-0.25, -0.2) is 4.79 Å². The minimum absolute atomic E-state index is 0.191. The Labute approximate surface area is 112 Å². The molecule has 2 rings (SSSR count). The Bertz CT molecular complexity index is 386. The molecule has 1 aliphatic carbocycles. The molecule has 2 fully saturated rings. The van der Waals surface area contributed by atoms with Crippen LogP contribution in [0.5, 0.6) is 0 Å². The number of methoxy groups -OCH3 is 1. The molecular weight excluding hydrogens is 248 g/mol. The van der Waals surface area contributed by atoms with Crippen LogP contribution in [0, 0.1) is 5.41 Å². The van der Waals surface area contributed by atoms with E-state index in [0.717, 1.165) is 30.6 Å². The van der Waals surface area contributed by atoms with Gasteiger partial charge in [-0.1, -0.05) is 25.7 Å². The maximum absolute atomic E-state index is 12.6. The highest BCUT2D eigenvalue weighted by atomic mass is 16.5. The van der Waals surface area contributed by atoms with Crippen LogP contribution >= 0.6 is 0 Å². The summed E-state index contributed by atoms with van der Waals surface area (Å²) in [7, 11) is 1.51. The van der Waals surface area contributed by atoms with E-state index in [-0.39, 0.29) is 19.1 Å². The van der Waals surface area contributed by atoms with Crippen molar-refractivity contribution in [3.63, 3.8) is 0 Å². The lowest BCUT2D eigenvalue weighted by Crippen LogP contribution is -2.64. The quantitative estimate of drug-likeness (QED) is 0.776. The minimum atomic E-state index is -1.03. The van der Waals surface area contributed by atoms with Crippen molar-refractivity contribution in [2.45, 2.75) is 38.5 Å². The first-order valence-corrected chi connectivity index (χ1v) is 6.78. The summed E-state index contributed by atoms with van der Waals surface area (Å²) in [4.78, 5) is 37.6. The van der Waals surface area contributed by atoms with Gasteiger partial charge in [0.15, 0.2) is 0 Å². The molecule has 1 heterocycles. The number of barbiturate groups is 1. The first-order valence-electron chi connectivity index (χ1n) is 6.78. The van der Waals surface area contributed by atoms with E-state index in [1.165, 1.54) is 7.11 Å². The van der Waals surface area contributed by atoms with E-state index in [4.69, 9.17) is 4.74 Å². The molecule has 1 aliphatic heterocycles. The maximum atomic E-state index is 12.6. The molecular formula is C13H20N2O4. The topological polar surface area (TPSA) is 75.7 Å². The molecule has 19 heavy (non-hydrogen) atoms. The van der Waals surface area contributed by atoms with E-state index in [2.05, 4.69) is 5.32 Å². The second-order valence-corrected chi connectivity index (χ2v) is 5.21. The van der Waals surface area contributed by atoms with Gasteiger partial charge in [-0.3, -0.25) is 19.8 Å². The van der Waals surface area contributed by atoms with Gasteiger partial charge in [0, 0.05) is 7.11 Å². The zero-order chi connectivity index (χ0) is 13.9. The highest BCUT2D eigenvalue weighted by Crippen LogP contribution is 2.38. The Morgan fingerprint density at radius 3 is 2.37 bits per heavy atom. The van der Waals surface area contributed by atoms with Crippen LogP contribution in [-0.2, 0) is 14.3 Å². The average Bonchev–Trinajstić information content (AvgIpc) is 2.63. The summed E-state index contributed by atoms with van der Waals surface area (Å²) in [6.07, 6.45) is 4.85. The van der Waals surface area contributed by atoms with E-state index in [0.29, 0.717) is 12.8 Å². The first kappa shape index (κ1) is 14.0. The normalized spacial score (nSPS) is 23.4. The van der Waals surface area contributed by atoms with Crippen molar-refractivity contribution in [1.82, 2.24) is 10.2 Å². The number of nitrogens with zero attached hydrogens (tertiary/aromatic N) is 1. The van der Waals surface area contributed by atoms with Crippen molar-refractivity contribution in [3.8, 4) is 0 Å². The third-order valence-corrected chi connectivity index (χ3v) is 4.03. The largest absolute Gasteiger partial charge is 0.383 e. The summed E-state index contributed by atoms with van der Waals surface area (Å²) in [6, 6.07) is -0.623. The number of imide groups is 2. The fraction of sp³-hybridized carbons (Fsp3) is 0.769. The van der Waals surface area contributed by atoms with Crippen LogP contribution in [0.25, 0.3) is 0 Å². The van der Waals surface area contributed by atoms with Gasteiger partial charge in [-0.2, -0.15) is 0 Å². The Morgan fingerprint density at radius 2 is 1.79 bits per heavy atom. The molecule has 6 heteroatoms. The third-order valence-electron chi connectivity index (χ3n) is 4.03. The highest BCUT2D eigenvalue weighted by Gasteiger charge is 2.53.